The summed E-state index contributed by atoms with van der Waals surface area (Å²) in [6.07, 6.45) is -5.19. The van der Waals surface area contributed by atoms with Crippen LogP contribution in [0, 0.1) is 0 Å². The molecule has 0 aliphatic heterocycles. The Morgan fingerprint density at radius 1 is 0.818 bits per heavy atom. The number of amides is 2. The van der Waals surface area contributed by atoms with Crippen molar-refractivity contribution in [2.24, 2.45) is 0 Å². The molecule has 4 aromatic rings. The highest BCUT2D eigenvalue weighted by Gasteiger charge is 2.30. The van der Waals surface area contributed by atoms with Gasteiger partial charge in [-0.3, -0.25) is 9.59 Å². The van der Waals surface area contributed by atoms with Gasteiger partial charge in [0.1, 0.15) is 0 Å². The molecule has 0 saturated carbocycles. The average Bonchev–Trinajstić information content (AvgIpc) is 3.04. The van der Waals surface area contributed by atoms with Gasteiger partial charge in [0.25, 0.3) is 11.8 Å². The molecule has 0 bridgehead atoms. The molecule has 0 heterocycles. The summed E-state index contributed by atoms with van der Waals surface area (Å²) in [7, 11) is 1.71. The molecule has 230 valence electrons. The number of aliphatic hydroxyl groups excluding tert-OH is 1. The van der Waals surface area contributed by atoms with Crippen LogP contribution in [0.4, 0.5) is 13.2 Å². The predicted molar refractivity (Wildman–Crippen MR) is 164 cm³/mol. The molecule has 4 aromatic carbocycles. The predicted octanol–water partition coefficient (Wildman–Crippen LogP) is 6.03. The van der Waals surface area contributed by atoms with Crippen LogP contribution in [0.3, 0.4) is 0 Å². The number of halogens is 3. The molecule has 44 heavy (non-hydrogen) atoms. The van der Waals surface area contributed by atoms with Crippen molar-refractivity contribution in [1.29, 1.82) is 0 Å². The smallest absolute Gasteiger partial charge is 0.390 e. The molecule has 0 aromatic heterocycles. The zero-order chi connectivity index (χ0) is 31.7. The minimum Gasteiger partial charge on any atom is -0.390 e. The number of carbonyl (C=O) groups excluding carboxylic acids is 2. The standard InChI is InChI=1S/C35H36F3N3O3/c1-24(27-14-7-4-8-15-27)41(2)34(44)29-17-10-16-28(21-29)33(43)40-31(20-25-11-5-3-6-12-25)32(42)23-39-22-26-13-9-18-30(19-26)35(36,37)38/h3-19,21,24,31-32,39,42H,20,22-23H2,1-2H3,(H,40,43)/t24-,31+,32-/m1/s1. The average molecular weight is 604 g/mol. The summed E-state index contributed by atoms with van der Waals surface area (Å²) in [6.45, 7) is 2.06. The maximum atomic E-state index is 13.4. The Labute approximate surface area is 255 Å². The van der Waals surface area contributed by atoms with E-state index in [0.717, 1.165) is 23.3 Å². The maximum absolute atomic E-state index is 13.4. The molecule has 0 spiro atoms. The molecule has 2 amide bonds. The van der Waals surface area contributed by atoms with Crippen LogP contribution in [-0.2, 0) is 19.1 Å². The van der Waals surface area contributed by atoms with E-state index in [9.17, 15) is 27.9 Å². The van der Waals surface area contributed by atoms with Crippen LogP contribution < -0.4 is 10.6 Å². The monoisotopic (exact) mass is 603 g/mol. The quantitative estimate of drug-likeness (QED) is 0.185. The van der Waals surface area contributed by atoms with Gasteiger partial charge >= 0.3 is 6.18 Å². The molecule has 0 radical (unpaired) electrons. The van der Waals surface area contributed by atoms with Gasteiger partial charge in [0, 0.05) is 31.3 Å². The van der Waals surface area contributed by atoms with Gasteiger partial charge in [0.2, 0.25) is 0 Å². The lowest BCUT2D eigenvalue weighted by atomic mass is 10.00. The van der Waals surface area contributed by atoms with E-state index in [4.69, 9.17) is 0 Å². The number of nitrogens with zero attached hydrogens (tertiary/aromatic N) is 1. The third-order valence-corrected chi connectivity index (χ3v) is 7.57. The fourth-order valence-electron chi connectivity index (χ4n) is 4.90. The topological polar surface area (TPSA) is 81.7 Å². The Hall–Kier alpha value is -4.47. The maximum Gasteiger partial charge on any atom is 0.416 e. The Morgan fingerprint density at radius 3 is 2.11 bits per heavy atom. The summed E-state index contributed by atoms with van der Waals surface area (Å²) in [5, 5.41) is 17.0. The summed E-state index contributed by atoms with van der Waals surface area (Å²) in [5.41, 5.74) is 2.16. The number of rotatable bonds is 12. The number of aliphatic hydroxyl groups is 1. The molecule has 0 fully saturated rings. The van der Waals surface area contributed by atoms with Crippen molar-refractivity contribution in [3.63, 3.8) is 0 Å². The second kappa shape index (κ2) is 14.8. The Bertz CT molecular complexity index is 1530. The van der Waals surface area contributed by atoms with Crippen LogP contribution in [-0.4, -0.2) is 47.6 Å². The zero-order valence-corrected chi connectivity index (χ0v) is 24.6. The summed E-state index contributed by atoms with van der Waals surface area (Å²) in [5.74, 6) is -0.702. The van der Waals surface area contributed by atoms with E-state index in [1.165, 1.54) is 12.1 Å². The SMILES string of the molecule is C[C@H](c1ccccc1)N(C)C(=O)c1cccc(C(=O)N[C@@H](Cc2ccccc2)[C@H](O)CNCc2cccc(C(F)(F)F)c2)c1. The molecule has 6 nitrogen and oxygen atoms in total. The van der Waals surface area contributed by atoms with Gasteiger partial charge in [-0.05, 0) is 54.3 Å². The molecule has 0 aliphatic rings. The Morgan fingerprint density at radius 2 is 1.43 bits per heavy atom. The fourth-order valence-corrected chi connectivity index (χ4v) is 4.90. The first-order valence-corrected chi connectivity index (χ1v) is 14.3. The molecule has 0 unspecified atom stereocenters. The minimum absolute atomic E-state index is 0.0225. The second-order valence-corrected chi connectivity index (χ2v) is 10.7. The molecule has 0 saturated heterocycles. The normalized spacial score (nSPS) is 13.5. The summed E-state index contributed by atoms with van der Waals surface area (Å²) in [4.78, 5) is 28.3. The summed E-state index contributed by atoms with van der Waals surface area (Å²) >= 11 is 0. The van der Waals surface area contributed by atoms with E-state index in [1.807, 2.05) is 67.6 Å². The van der Waals surface area contributed by atoms with E-state index in [2.05, 4.69) is 10.6 Å². The highest BCUT2D eigenvalue weighted by atomic mass is 19.4. The summed E-state index contributed by atoms with van der Waals surface area (Å²) in [6, 6.07) is 29.5. The van der Waals surface area contributed by atoms with Crippen molar-refractivity contribution >= 4 is 11.8 Å². The molecule has 9 heteroatoms. The number of alkyl halides is 3. The van der Waals surface area contributed by atoms with E-state index in [-0.39, 0.29) is 30.6 Å². The first-order chi connectivity index (χ1) is 21.0. The van der Waals surface area contributed by atoms with Gasteiger partial charge in [-0.1, -0.05) is 84.9 Å². The number of hydrogen-bond acceptors (Lipinski definition) is 4. The van der Waals surface area contributed by atoms with Gasteiger partial charge in [0.15, 0.2) is 0 Å². The fraction of sp³-hybridized carbons (Fsp3) is 0.257. The van der Waals surface area contributed by atoms with Crippen LogP contribution >= 0.6 is 0 Å². The molecular formula is C35H36F3N3O3. The number of carbonyl (C=O) groups is 2. The van der Waals surface area contributed by atoms with Gasteiger partial charge < -0.3 is 20.6 Å². The largest absolute Gasteiger partial charge is 0.416 e. The third-order valence-electron chi connectivity index (χ3n) is 7.57. The van der Waals surface area contributed by atoms with Gasteiger partial charge in [-0.25, -0.2) is 0 Å². The van der Waals surface area contributed by atoms with Gasteiger partial charge in [-0.2, -0.15) is 13.2 Å². The lowest BCUT2D eigenvalue weighted by molar-refractivity contribution is -0.137. The number of nitrogens with one attached hydrogen (secondary N) is 2. The van der Waals surface area contributed by atoms with E-state index in [0.29, 0.717) is 17.5 Å². The highest BCUT2D eigenvalue weighted by molar-refractivity contribution is 5.99. The molecule has 3 atom stereocenters. The lowest BCUT2D eigenvalue weighted by Crippen LogP contribution is -2.48. The first-order valence-electron chi connectivity index (χ1n) is 14.3. The van der Waals surface area contributed by atoms with E-state index < -0.39 is 29.8 Å². The van der Waals surface area contributed by atoms with Crippen LogP contribution in [0.2, 0.25) is 0 Å². The van der Waals surface area contributed by atoms with E-state index >= 15 is 0 Å². The van der Waals surface area contributed by atoms with Crippen LogP contribution in [0.15, 0.2) is 109 Å². The van der Waals surface area contributed by atoms with Crippen molar-refractivity contribution in [3.05, 3.63) is 143 Å². The zero-order valence-electron chi connectivity index (χ0n) is 24.6. The van der Waals surface area contributed by atoms with Crippen molar-refractivity contribution in [2.75, 3.05) is 13.6 Å². The molecular weight excluding hydrogens is 567 g/mol. The van der Waals surface area contributed by atoms with Crippen molar-refractivity contribution in [3.8, 4) is 0 Å². The highest BCUT2D eigenvalue weighted by Crippen LogP contribution is 2.29. The second-order valence-electron chi connectivity index (χ2n) is 10.7. The van der Waals surface area contributed by atoms with Crippen molar-refractivity contribution in [1.82, 2.24) is 15.5 Å². The van der Waals surface area contributed by atoms with Crippen LogP contribution in [0.25, 0.3) is 0 Å². The van der Waals surface area contributed by atoms with Gasteiger partial charge in [0.05, 0.1) is 23.8 Å². The Balaban J connectivity index is 1.44. The lowest BCUT2D eigenvalue weighted by Gasteiger charge is -2.26. The Kier molecular flexibility index (Phi) is 10.9. The third kappa shape index (κ3) is 8.78. The number of benzene rings is 4. The number of hydrogen-bond donors (Lipinski definition) is 3. The molecule has 0 aliphatic carbocycles. The molecule has 4 rings (SSSR count). The van der Waals surface area contributed by atoms with Gasteiger partial charge in [-0.15, -0.1) is 0 Å². The molecule has 3 N–H and O–H groups in total. The van der Waals surface area contributed by atoms with Crippen molar-refractivity contribution < 1.29 is 27.9 Å². The summed E-state index contributed by atoms with van der Waals surface area (Å²) < 4.78 is 39.3. The minimum atomic E-state index is -4.45. The van der Waals surface area contributed by atoms with Crippen LogP contribution in [0.1, 0.15) is 55.9 Å². The van der Waals surface area contributed by atoms with Crippen LogP contribution in [0.5, 0.6) is 0 Å². The first kappa shape index (κ1) is 32.4. The van der Waals surface area contributed by atoms with Crippen molar-refractivity contribution in [2.45, 2.75) is 44.3 Å². The van der Waals surface area contributed by atoms with E-state index in [1.54, 1.807) is 36.2 Å².